The molecule has 0 spiro atoms. The highest BCUT2D eigenvalue weighted by Crippen LogP contribution is 2.33. The fraction of sp³-hybridized carbons (Fsp3) is 0.500. The van der Waals surface area contributed by atoms with Crippen LogP contribution in [0.3, 0.4) is 0 Å². The van der Waals surface area contributed by atoms with Crippen molar-refractivity contribution in [2.45, 2.75) is 33.1 Å². The molecule has 1 aromatic carbocycles. The first kappa shape index (κ1) is 12.3. The van der Waals surface area contributed by atoms with E-state index in [-0.39, 0.29) is 5.75 Å². The van der Waals surface area contributed by atoms with Gasteiger partial charge in [-0.15, -0.1) is 0 Å². The van der Waals surface area contributed by atoms with Crippen LogP contribution in [-0.4, -0.2) is 11.7 Å². The molecule has 0 aromatic heterocycles. The Kier molecular flexibility index (Phi) is 4.43. The fourth-order valence-electron chi connectivity index (χ4n) is 1.74. The number of phenols is 1. The predicted octanol–water partition coefficient (Wildman–Crippen LogP) is 2.94. The lowest BCUT2D eigenvalue weighted by molar-refractivity contribution is 0.466. The molecular formula is C12H18ClNO. The molecule has 0 fully saturated rings. The van der Waals surface area contributed by atoms with Gasteiger partial charge in [-0.25, -0.2) is 0 Å². The molecule has 0 amide bonds. The van der Waals surface area contributed by atoms with Gasteiger partial charge in [0, 0.05) is 0 Å². The minimum atomic E-state index is 0.242. The lowest BCUT2D eigenvalue weighted by atomic mass is 9.99. The van der Waals surface area contributed by atoms with Crippen LogP contribution in [0.1, 0.15) is 29.5 Å². The maximum Gasteiger partial charge on any atom is 0.137 e. The van der Waals surface area contributed by atoms with Gasteiger partial charge in [0.05, 0.1) is 5.02 Å². The highest BCUT2D eigenvalue weighted by Gasteiger charge is 2.11. The van der Waals surface area contributed by atoms with E-state index in [0.717, 1.165) is 36.0 Å². The Morgan fingerprint density at radius 1 is 1.27 bits per heavy atom. The van der Waals surface area contributed by atoms with E-state index >= 15 is 0 Å². The van der Waals surface area contributed by atoms with E-state index < -0.39 is 0 Å². The smallest absolute Gasteiger partial charge is 0.137 e. The summed E-state index contributed by atoms with van der Waals surface area (Å²) in [5, 5.41) is 10.4. The van der Waals surface area contributed by atoms with Crippen molar-refractivity contribution in [2.75, 3.05) is 6.54 Å². The Hall–Kier alpha value is -0.730. The van der Waals surface area contributed by atoms with Crippen LogP contribution in [0.15, 0.2) is 6.07 Å². The van der Waals surface area contributed by atoms with Crippen LogP contribution in [0.5, 0.6) is 5.75 Å². The molecule has 84 valence electrons. The van der Waals surface area contributed by atoms with Crippen molar-refractivity contribution < 1.29 is 5.11 Å². The van der Waals surface area contributed by atoms with Crippen molar-refractivity contribution in [3.05, 3.63) is 27.8 Å². The van der Waals surface area contributed by atoms with Crippen molar-refractivity contribution in [1.82, 2.24) is 0 Å². The third-order valence-electron chi connectivity index (χ3n) is 2.63. The molecule has 0 unspecified atom stereocenters. The number of halogens is 1. The maximum absolute atomic E-state index is 9.90. The maximum atomic E-state index is 9.90. The standard InChI is InChI=1S/C12H18ClNO/c1-8-7-9(2)11(13)12(15)10(8)5-3-4-6-14/h7,15H,3-6,14H2,1-2H3. The summed E-state index contributed by atoms with van der Waals surface area (Å²) in [6, 6.07) is 2.01. The van der Waals surface area contributed by atoms with Crippen LogP contribution in [-0.2, 0) is 6.42 Å². The lowest BCUT2D eigenvalue weighted by Gasteiger charge is -2.11. The zero-order chi connectivity index (χ0) is 11.4. The molecule has 2 nitrogen and oxygen atoms in total. The third-order valence-corrected chi connectivity index (χ3v) is 3.11. The molecule has 0 saturated carbocycles. The minimum absolute atomic E-state index is 0.242. The summed E-state index contributed by atoms with van der Waals surface area (Å²) in [6.07, 6.45) is 2.81. The second kappa shape index (κ2) is 5.38. The van der Waals surface area contributed by atoms with Crippen LogP contribution in [0.4, 0.5) is 0 Å². The summed E-state index contributed by atoms with van der Waals surface area (Å²) in [5.74, 6) is 0.242. The topological polar surface area (TPSA) is 46.2 Å². The first-order valence-corrected chi connectivity index (χ1v) is 5.63. The highest BCUT2D eigenvalue weighted by atomic mass is 35.5. The zero-order valence-electron chi connectivity index (χ0n) is 9.31. The van der Waals surface area contributed by atoms with Crippen molar-refractivity contribution in [3.8, 4) is 5.75 Å². The van der Waals surface area contributed by atoms with E-state index in [9.17, 15) is 5.11 Å². The lowest BCUT2D eigenvalue weighted by Crippen LogP contribution is -2.00. The van der Waals surface area contributed by atoms with Gasteiger partial charge in [-0.05, 0) is 56.3 Å². The van der Waals surface area contributed by atoms with Crippen LogP contribution in [0, 0.1) is 13.8 Å². The monoisotopic (exact) mass is 227 g/mol. The van der Waals surface area contributed by atoms with Gasteiger partial charge in [0.2, 0.25) is 0 Å². The summed E-state index contributed by atoms with van der Waals surface area (Å²) < 4.78 is 0. The molecule has 0 saturated heterocycles. The Morgan fingerprint density at radius 2 is 1.93 bits per heavy atom. The number of hydrogen-bond donors (Lipinski definition) is 2. The Labute approximate surface area is 96.1 Å². The fourth-order valence-corrected chi connectivity index (χ4v) is 1.91. The van der Waals surface area contributed by atoms with Gasteiger partial charge < -0.3 is 10.8 Å². The average molecular weight is 228 g/mol. The highest BCUT2D eigenvalue weighted by molar-refractivity contribution is 6.32. The Morgan fingerprint density at radius 3 is 2.53 bits per heavy atom. The SMILES string of the molecule is Cc1cc(C)c(CCCCN)c(O)c1Cl. The van der Waals surface area contributed by atoms with Gasteiger partial charge in [-0.2, -0.15) is 0 Å². The quantitative estimate of drug-likeness (QED) is 0.777. The Bertz CT molecular complexity index is 350. The van der Waals surface area contributed by atoms with E-state index in [2.05, 4.69) is 0 Å². The van der Waals surface area contributed by atoms with E-state index in [1.54, 1.807) is 0 Å². The number of benzene rings is 1. The molecule has 0 aliphatic carbocycles. The molecular weight excluding hydrogens is 210 g/mol. The number of rotatable bonds is 4. The summed E-state index contributed by atoms with van der Waals surface area (Å²) in [4.78, 5) is 0. The van der Waals surface area contributed by atoms with Gasteiger partial charge >= 0.3 is 0 Å². The van der Waals surface area contributed by atoms with Gasteiger partial charge in [0.15, 0.2) is 0 Å². The third kappa shape index (κ3) is 2.86. The van der Waals surface area contributed by atoms with Crippen molar-refractivity contribution in [2.24, 2.45) is 5.73 Å². The molecule has 0 bridgehead atoms. The van der Waals surface area contributed by atoms with Crippen molar-refractivity contribution in [3.63, 3.8) is 0 Å². The molecule has 0 aliphatic heterocycles. The largest absolute Gasteiger partial charge is 0.506 e. The van der Waals surface area contributed by atoms with Crippen LogP contribution < -0.4 is 5.73 Å². The number of hydrogen-bond acceptors (Lipinski definition) is 2. The van der Waals surface area contributed by atoms with E-state index in [1.165, 1.54) is 0 Å². The van der Waals surface area contributed by atoms with E-state index in [4.69, 9.17) is 17.3 Å². The average Bonchev–Trinajstić information content (AvgIpc) is 2.20. The number of aromatic hydroxyl groups is 1. The normalized spacial score (nSPS) is 10.7. The summed E-state index contributed by atoms with van der Waals surface area (Å²) >= 11 is 5.99. The first-order chi connectivity index (χ1) is 7.07. The van der Waals surface area contributed by atoms with Gasteiger partial charge in [0.1, 0.15) is 5.75 Å². The zero-order valence-corrected chi connectivity index (χ0v) is 10.1. The first-order valence-electron chi connectivity index (χ1n) is 5.25. The second-order valence-corrected chi connectivity index (χ2v) is 4.28. The molecule has 3 N–H and O–H groups in total. The number of unbranched alkanes of at least 4 members (excludes halogenated alkanes) is 1. The van der Waals surface area contributed by atoms with Crippen LogP contribution in [0.25, 0.3) is 0 Å². The molecule has 1 aromatic rings. The molecule has 0 aliphatic rings. The van der Waals surface area contributed by atoms with Crippen LogP contribution >= 0.6 is 11.6 Å². The molecule has 3 heteroatoms. The number of phenolic OH excluding ortho intramolecular Hbond substituents is 1. The summed E-state index contributed by atoms with van der Waals surface area (Å²) in [7, 11) is 0. The van der Waals surface area contributed by atoms with Crippen LogP contribution in [0.2, 0.25) is 5.02 Å². The van der Waals surface area contributed by atoms with E-state index in [1.807, 2.05) is 19.9 Å². The number of aryl methyl sites for hydroxylation is 2. The molecule has 0 radical (unpaired) electrons. The van der Waals surface area contributed by atoms with Crippen molar-refractivity contribution in [1.29, 1.82) is 0 Å². The van der Waals surface area contributed by atoms with Gasteiger partial charge in [-0.1, -0.05) is 17.7 Å². The molecule has 1 rings (SSSR count). The predicted molar refractivity (Wildman–Crippen MR) is 64.6 cm³/mol. The molecule has 0 atom stereocenters. The summed E-state index contributed by atoms with van der Waals surface area (Å²) in [6.45, 7) is 4.60. The van der Waals surface area contributed by atoms with E-state index in [0.29, 0.717) is 11.6 Å². The summed E-state index contributed by atoms with van der Waals surface area (Å²) in [5.41, 5.74) is 8.42. The number of nitrogens with two attached hydrogens (primary N) is 1. The van der Waals surface area contributed by atoms with Crippen molar-refractivity contribution >= 4 is 11.6 Å². The Balaban J connectivity index is 2.92. The minimum Gasteiger partial charge on any atom is -0.506 e. The second-order valence-electron chi connectivity index (χ2n) is 3.90. The molecule has 15 heavy (non-hydrogen) atoms. The van der Waals surface area contributed by atoms with Gasteiger partial charge in [-0.3, -0.25) is 0 Å². The molecule has 0 heterocycles. The van der Waals surface area contributed by atoms with Gasteiger partial charge in [0.25, 0.3) is 0 Å².